The minimum Gasteiger partial charge on any atom is -0.480 e. The van der Waals surface area contributed by atoms with Crippen molar-refractivity contribution in [1.82, 2.24) is 5.32 Å². The van der Waals surface area contributed by atoms with Gasteiger partial charge in [-0.2, -0.15) is 0 Å². The zero-order valence-electron chi connectivity index (χ0n) is 8.43. The Morgan fingerprint density at radius 2 is 2.07 bits per heavy atom. The Hall–Kier alpha value is -1.42. The Morgan fingerprint density at radius 3 is 2.53 bits per heavy atom. The van der Waals surface area contributed by atoms with Crippen molar-refractivity contribution in [2.75, 3.05) is 0 Å². The molecule has 0 aliphatic rings. The van der Waals surface area contributed by atoms with Crippen LogP contribution >= 0.6 is 12.2 Å². The topological polar surface area (TPSA) is 49.3 Å². The molecule has 0 saturated heterocycles. The summed E-state index contributed by atoms with van der Waals surface area (Å²) in [6.45, 7) is 1.80. The SMILES string of the molecule is CC[C@H](NC(=S)c1ccccc1)C(=O)O. The first kappa shape index (κ1) is 11.7. The Bertz CT molecular complexity index is 351. The van der Waals surface area contributed by atoms with Gasteiger partial charge in [-0.05, 0) is 6.42 Å². The average molecular weight is 223 g/mol. The van der Waals surface area contributed by atoms with E-state index in [4.69, 9.17) is 17.3 Å². The Kier molecular flexibility index (Phi) is 4.24. The monoisotopic (exact) mass is 223 g/mol. The number of carboxylic acid groups (broad SMARTS) is 1. The van der Waals surface area contributed by atoms with Gasteiger partial charge in [-0.15, -0.1) is 0 Å². The van der Waals surface area contributed by atoms with Crippen molar-refractivity contribution < 1.29 is 9.90 Å². The fourth-order valence-electron chi connectivity index (χ4n) is 1.17. The second-order valence-corrected chi connectivity index (χ2v) is 3.55. The number of aliphatic carboxylic acids is 1. The molecule has 0 fully saturated rings. The summed E-state index contributed by atoms with van der Waals surface area (Å²) in [6, 6.07) is 8.71. The van der Waals surface area contributed by atoms with Crippen LogP contribution in [-0.4, -0.2) is 22.1 Å². The molecule has 1 atom stereocenters. The molecule has 1 aromatic rings. The number of rotatable bonds is 4. The standard InChI is InChI=1S/C11H13NO2S/c1-2-9(11(13)14)12-10(15)8-6-4-3-5-7-8/h3-7,9H,2H2,1H3,(H,12,15)(H,13,14)/t9-/m0/s1. The summed E-state index contributed by atoms with van der Waals surface area (Å²) in [6.07, 6.45) is 0.502. The second kappa shape index (κ2) is 5.46. The van der Waals surface area contributed by atoms with E-state index in [2.05, 4.69) is 5.32 Å². The second-order valence-electron chi connectivity index (χ2n) is 3.14. The summed E-state index contributed by atoms with van der Waals surface area (Å²) < 4.78 is 0. The van der Waals surface area contributed by atoms with Gasteiger partial charge in [0.25, 0.3) is 0 Å². The Balaban J connectivity index is 2.67. The minimum atomic E-state index is -0.879. The molecule has 1 rings (SSSR count). The Labute approximate surface area is 94.1 Å². The highest BCUT2D eigenvalue weighted by Gasteiger charge is 2.15. The highest BCUT2D eigenvalue weighted by molar-refractivity contribution is 7.80. The maximum atomic E-state index is 10.8. The molecule has 0 heterocycles. The van der Waals surface area contributed by atoms with Crippen LogP contribution in [0, 0.1) is 0 Å². The first-order chi connectivity index (χ1) is 7.15. The summed E-state index contributed by atoms with van der Waals surface area (Å²) in [5.41, 5.74) is 0.840. The molecule has 0 aliphatic heterocycles. The lowest BCUT2D eigenvalue weighted by atomic mass is 10.2. The van der Waals surface area contributed by atoms with Gasteiger partial charge in [0.2, 0.25) is 0 Å². The fourth-order valence-corrected chi connectivity index (χ4v) is 1.45. The van der Waals surface area contributed by atoms with E-state index in [1.807, 2.05) is 30.3 Å². The van der Waals surface area contributed by atoms with E-state index in [0.29, 0.717) is 11.4 Å². The minimum absolute atomic E-state index is 0.477. The van der Waals surface area contributed by atoms with Crippen LogP contribution in [0.25, 0.3) is 0 Å². The number of carboxylic acids is 1. The van der Waals surface area contributed by atoms with Gasteiger partial charge in [-0.1, -0.05) is 49.5 Å². The van der Waals surface area contributed by atoms with E-state index in [1.165, 1.54) is 0 Å². The lowest BCUT2D eigenvalue weighted by Crippen LogP contribution is -2.39. The van der Waals surface area contributed by atoms with Crippen molar-refractivity contribution in [2.45, 2.75) is 19.4 Å². The van der Waals surface area contributed by atoms with Crippen molar-refractivity contribution >= 4 is 23.2 Å². The molecule has 4 heteroatoms. The molecule has 15 heavy (non-hydrogen) atoms. The number of hydrogen-bond acceptors (Lipinski definition) is 2. The molecule has 1 aromatic carbocycles. The van der Waals surface area contributed by atoms with Crippen molar-refractivity contribution in [1.29, 1.82) is 0 Å². The third kappa shape index (κ3) is 3.32. The highest BCUT2D eigenvalue weighted by atomic mass is 32.1. The predicted molar refractivity (Wildman–Crippen MR) is 63.0 cm³/mol. The van der Waals surface area contributed by atoms with Crippen LogP contribution in [0.5, 0.6) is 0 Å². The molecule has 0 saturated carbocycles. The number of thiocarbonyl (C=S) groups is 1. The van der Waals surface area contributed by atoms with E-state index < -0.39 is 12.0 Å². The normalized spacial score (nSPS) is 11.8. The van der Waals surface area contributed by atoms with Gasteiger partial charge in [0.05, 0.1) is 0 Å². The van der Waals surface area contributed by atoms with Crippen LogP contribution < -0.4 is 5.32 Å². The summed E-state index contributed by atoms with van der Waals surface area (Å²) in [7, 11) is 0. The molecule has 0 unspecified atom stereocenters. The van der Waals surface area contributed by atoms with Crippen LogP contribution in [-0.2, 0) is 4.79 Å². The molecular weight excluding hydrogens is 210 g/mol. The summed E-state index contributed by atoms with van der Waals surface area (Å²) >= 11 is 5.11. The van der Waals surface area contributed by atoms with Gasteiger partial charge in [0.1, 0.15) is 11.0 Å². The zero-order chi connectivity index (χ0) is 11.3. The number of nitrogens with one attached hydrogen (secondary N) is 1. The van der Waals surface area contributed by atoms with Gasteiger partial charge >= 0.3 is 5.97 Å². The smallest absolute Gasteiger partial charge is 0.326 e. The van der Waals surface area contributed by atoms with E-state index in [9.17, 15) is 4.79 Å². The van der Waals surface area contributed by atoms with Crippen molar-refractivity contribution in [3.05, 3.63) is 35.9 Å². The lowest BCUT2D eigenvalue weighted by molar-refractivity contribution is -0.139. The maximum Gasteiger partial charge on any atom is 0.326 e. The Morgan fingerprint density at radius 1 is 1.47 bits per heavy atom. The van der Waals surface area contributed by atoms with Crippen LogP contribution in [0.4, 0.5) is 0 Å². The van der Waals surface area contributed by atoms with Gasteiger partial charge in [-0.25, -0.2) is 4.79 Å². The molecule has 2 N–H and O–H groups in total. The molecule has 0 radical (unpaired) electrons. The van der Waals surface area contributed by atoms with Crippen molar-refractivity contribution in [3.63, 3.8) is 0 Å². The van der Waals surface area contributed by atoms with Crippen LogP contribution in [0.1, 0.15) is 18.9 Å². The van der Waals surface area contributed by atoms with Crippen molar-refractivity contribution in [3.8, 4) is 0 Å². The van der Waals surface area contributed by atoms with E-state index in [1.54, 1.807) is 6.92 Å². The molecule has 0 bridgehead atoms. The molecule has 0 spiro atoms. The van der Waals surface area contributed by atoms with Crippen LogP contribution in [0.2, 0.25) is 0 Å². The fraction of sp³-hybridized carbons (Fsp3) is 0.273. The first-order valence-corrected chi connectivity index (χ1v) is 5.14. The predicted octanol–water partition coefficient (Wildman–Crippen LogP) is 1.81. The lowest BCUT2D eigenvalue weighted by Gasteiger charge is -2.14. The van der Waals surface area contributed by atoms with Crippen LogP contribution in [0.3, 0.4) is 0 Å². The molecule has 3 nitrogen and oxygen atoms in total. The summed E-state index contributed by atoms with van der Waals surface area (Å²) in [5.74, 6) is -0.879. The maximum absolute atomic E-state index is 10.8. The zero-order valence-corrected chi connectivity index (χ0v) is 9.25. The molecule has 0 aromatic heterocycles. The molecular formula is C11H13NO2S. The van der Waals surface area contributed by atoms with E-state index >= 15 is 0 Å². The third-order valence-electron chi connectivity index (χ3n) is 2.05. The van der Waals surface area contributed by atoms with E-state index in [0.717, 1.165) is 5.56 Å². The van der Waals surface area contributed by atoms with E-state index in [-0.39, 0.29) is 0 Å². The number of hydrogen-bond donors (Lipinski definition) is 2. The van der Waals surface area contributed by atoms with Crippen LogP contribution in [0.15, 0.2) is 30.3 Å². The molecule has 80 valence electrons. The van der Waals surface area contributed by atoms with Crippen molar-refractivity contribution in [2.24, 2.45) is 0 Å². The summed E-state index contributed by atoms with van der Waals surface area (Å²) in [4.78, 5) is 11.3. The first-order valence-electron chi connectivity index (χ1n) is 4.74. The molecule has 0 amide bonds. The largest absolute Gasteiger partial charge is 0.480 e. The summed E-state index contributed by atoms with van der Waals surface area (Å²) in [5, 5.41) is 11.7. The van der Waals surface area contributed by atoms with Gasteiger partial charge in [0.15, 0.2) is 0 Å². The third-order valence-corrected chi connectivity index (χ3v) is 2.40. The average Bonchev–Trinajstić information content (AvgIpc) is 2.26. The number of carbonyl (C=O) groups is 1. The van der Waals surface area contributed by atoms with Gasteiger partial charge in [-0.3, -0.25) is 0 Å². The quantitative estimate of drug-likeness (QED) is 0.764. The highest BCUT2D eigenvalue weighted by Crippen LogP contribution is 2.01. The number of benzene rings is 1. The van der Waals surface area contributed by atoms with Gasteiger partial charge < -0.3 is 10.4 Å². The molecule has 0 aliphatic carbocycles. The van der Waals surface area contributed by atoms with Gasteiger partial charge in [0, 0.05) is 5.56 Å².